The molecule has 1 heterocycles. The lowest BCUT2D eigenvalue weighted by molar-refractivity contribution is 0.200. The fraction of sp³-hybridized carbons (Fsp3) is 0.625. The first-order valence-corrected chi connectivity index (χ1v) is 5.11. The van der Waals surface area contributed by atoms with E-state index in [4.69, 9.17) is 27.9 Å². The lowest BCUT2D eigenvalue weighted by Gasteiger charge is -2.12. The predicted molar refractivity (Wildman–Crippen MR) is 54.8 cm³/mol. The zero-order valence-corrected chi connectivity index (χ0v) is 9.51. The van der Waals surface area contributed by atoms with Gasteiger partial charge in [-0.25, -0.2) is 0 Å². The van der Waals surface area contributed by atoms with E-state index in [0.717, 1.165) is 12.8 Å². The zero-order valence-electron chi connectivity index (χ0n) is 8.00. The Kier molecular flexibility index (Phi) is 4.35. The second-order valence-electron chi connectivity index (χ2n) is 2.89. The minimum atomic E-state index is 0.0353. The van der Waals surface area contributed by atoms with Gasteiger partial charge in [0.2, 0.25) is 10.4 Å². The molecule has 6 heteroatoms. The number of nitrogens with zero attached hydrogens (tertiary/aromatic N) is 3. The molecule has 0 amide bonds. The van der Waals surface area contributed by atoms with E-state index in [-0.39, 0.29) is 22.4 Å². The number of rotatable bonds is 4. The average molecular weight is 236 g/mol. The van der Waals surface area contributed by atoms with Gasteiger partial charge in [-0.1, -0.05) is 24.9 Å². The maximum atomic E-state index is 5.72. The highest BCUT2D eigenvalue weighted by molar-refractivity contribution is 6.31. The molecule has 0 spiro atoms. The zero-order chi connectivity index (χ0) is 10.6. The predicted octanol–water partition coefficient (Wildman–Crippen LogP) is 2.75. The summed E-state index contributed by atoms with van der Waals surface area (Å²) in [4.78, 5) is 3.83. The summed E-state index contributed by atoms with van der Waals surface area (Å²) < 4.78 is 5.44. The number of hydrogen-bond donors (Lipinski definition) is 0. The molecule has 1 aromatic rings. The van der Waals surface area contributed by atoms with Crippen LogP contribution in [-0.2, 0) is 0 Å². The van der Waals surface area contributed by atoms with Gasteiger partial charge in [0, 0.05) is 0 Å². The molecular weight excluding hydrogens is 225 g/mol. The number of halogens is 2. The Hall–Kier alpha value is -0.610. The van der Waals surface area contributed by atoms with Crippen LogP contribution >= 0.6 is 23.2 Å². The summed E-state index contributed by atoms with van der Waals surface area (Å²) in [6.45, 7) is 4.02. The van der Waals surface area contributed by atoms with Crippen molar-refractivity contribution in [2.75, 3.05) is 0 Å². The van der Waals surface area contributed by atoms with Gasteiger partial charge in [0.1, 0.15) is 0 Å². The Morgan fingerprint density at radius 2 is 2.07 bits per heavy atom. The van der Waals surface area contributed by atoms with E-state index in [1.165, 1.54) is 0 Å². The van der Waals surface area contributed by atoms with Gasteiger partial charge in [0.25, 0.3) is 5.88 Å². The van der Waals surface area contributed by atoms with Crippen molar-refractivity contribution < 1.29 is 4.74 Å². The van der Waals surface area contributed by atoms with Gasteiger partial charge < -0.3 is 4.74 Å². The molecule has 1 atom stereocenters. The van der Waals surface area contributed by atoms with Gasteiger partial charge in [-0.05, 0) is 24.9 Å². The van der Waals surface area contributed by atoms with Crippen LogP contribution in [0.5, 0.6) is 5.88 Å². The van der Waals surface area contributed by atoms with Gasteiger partial charge in [-0.2, -0.15) is 4.98 Å². The van der Waals surface area contributed by atoms with E-state index in [0.29, 0.717) is 0 Å². The first-order chi connectivity index (χ1) is 6.63. The van der Waals surface area contributed by atoms with Crippen LogP contribution < -0.4 is 4.74 Å². The Morgan fingerprint density at radius 1 is 1.36 bits per heavy atom. The van der Waals surface area contributed by atoms with Crippen LogP contribution in [-0.4, -0.2) is 21.3 Å². The minimum Gasteiger partial charge on any atom is -0.472 e. The highest BCUT2D eigenvalue weighted by Gasteiger charge is 2.10. The molecule has 0 fully saturated rings. The van der Waals surface area contributed by atoms with Crippen molar-refractivity contribution in [2.45, 2.75) is 32.8 Å². The maximum absolute atomic E-state index is 5.72. The first kappa shape index (κ1) is 11.5. The minimum absolute atomic E-state index is 0.0353. The Labute approximate surface area is 92.6 Å². The topological polar surface area (TPSA) is 47.9 Å². The largest absolute Gasteiger partial charge is 0.472 e. The molecule has 0 saturated carbocycles. The van der Waals surface area contributed by atoms with Crippen LogP contribution in [0.25, 0.3) is 0 Å². The quantitative estimate of drug-likeness (QED) is 0.806. The van der Waals surface area contributed by atoms with Gasteiger partial charge in [0.15, 0.2) is 0 Å². The molecule has 4 nitrogen and oxygen atoms in total. The van der Waals surface area contributed by atoms with Crippen LogP contribution in [0.4, 0.5) is 0 Å². The van der Waals surface area contributed by atoms with Crippen molar-refractivity contribution >= 4 is 23.2 Å². The lowest BCUT2D eigenvalue weighted by Crippen LogP contribution is -2.13. The average Bonchev–Trinajstić information content (AvgIpc) is 2.12. The van der Waals surface area contributed by atoms with Crippen LogP contribution in [0.15, 0.2) is 0 Å². The van der Waals surface area contributed by atoms with Crippen LogP contribution in [0, 0.1) is 0 Å². The van der Waals surface area contributed by atoms with Crippen molar-refractivity contribution in [3.63, 3.8) is 0 Å². The lowest BCUT2D eigenvalue weighted by atomic mass is 10.2. The van der Waals surface area contributed by atoms with Gasteiger partial charge >= 0.3 is 0 Å². The highest BCUT2D eigenvalue weighted by atomic mass is 35.5. The standard InChI is InChI=1S/C8H11Cl2N3O/c1-3-4-5(2)14-7-6(9)12-13-8(10)11-7/h5H,3-4H2,1-2H3. The molecule has 1 rings (SSSR count). The second kappa shape index (κ2) is 5.32. The second-order valence-corrected chi connectivity index (χ2v) is 3.59. The van der Waals surface area contributed by atoms with Crippen molar-refractivity contribution in [1.82, 2.24) is 15.2 Å². The molecular formula is C8H11Cl2N3O. The number of aromatic nitrogens is 3. The molecule has 0 aromatic carbocycles. The summed E-state index contributed by atoms with van der Waals surface area (Å²) in [6, 6.07) is 0. The van der Waals surface area contributed by atoms with Crippen molar-refractivity contribution in [1.29, 1.82) is 0 Å². The molecule has 78 valence electrons. The van der Waals surface area contributed by atoms with E-state index in [1.54, 1.807) is 0 Å². The van der Waals surface area contributed by atoms with Gasteiger partial charge in [0.05, 0.1) is 6.10 Å². The number of hydrogen-bond acceptors (Lipinski definition) is 4. The normalized spacial score (nSPS) is 12.6. The molecule has 0 aliphatic carbocycles. The van der Waals surface area contributed by atoms with Crippen molar-refractivity contribution in [3.05, 3.63) is 10.4 Å². The summed E-state index contributed by atoms with van der Waals surface area (Å²) in [5.41, 5.74) is 0. The molecule has 0 aliphatic heterocycles. The third kappa shape index (κ3) is 3.27. The van der Waals surface area contributed by atoms with E-state index < -0.39 is 0 Å². The van der Waals surface area contributed by atoms with Crippen molar-refractivity contribution in [3.8, 4) is 5.88 Å². The smallest absolute Gasteiger partial charge is 0.257 e. The molecule has 0 bridgehead atoms. The highest BCUT2D eigenvalue weighted by Crippen LogP contribution is 2.21. The van der Waals surface area contributed by atoms with Crippen LogP contribution in [0.3, 0.4) is 0 Å². The van der Waals surface area contributed by atoms with E-state index in [2.05, 4.69) is 22.1 Å². The Balaban J connectivity index is 2.70. The van der Waals surface area contributed by atoms with Gasteiger partial charge in [-0.3, -0.25) is 0 Å². The molecule has 1 unspecified atom stereocenters. The summed E-state index contributed by atoms with van der Waals surface area (Å²) in [5.74, 6) is 0.243. The first-order valence-electron chi connectivity index (χ1n) is 4.35. The summed E-state index contributed by atoms with van der Waals surface area (Å²) in [6.07, 6.45) is 2.01. The summed E-state index contributed by atoms with van der Waals surface area (Å²) in [7, 11) is 0. The summed E-state index contributed by atoms with van der Waals surface area (Å²) >= 11 is 11.3. The van der Waals surface area contributed by atoms with Gasteiger partial charge in [-0.15, -0.1) is 10.2 Å². The number of ether oxygens (including phenoxy) is 1. The third-order valence-corrected chi connectivity index (χ3v) is 2.00. The molecule has 0 aliphatic rings. The third-order valence-electron chi connectivity index (χ3n) is 1.60. The van der Waals surface area contributed by atoms with Crippen LogP contribution in [0.1, 0.15) is 26.7 Å². The molecule has 0 saturated heterocycles. The molecule has 14 heavy (non-hydrogen) atoms. The van der Waals surface area contributed by atoms with Crippen LogP contribution in [0.2, 0.25) is 10.4 Å². The maximum Gasteiger partial charge on any atom is 0.257 e. The van der Waals surface area contributed by atoms with Crippen molar-refractivity contribution in [2.24, 2.45) is 0 Å². The summed E-state index contributed by atoms with van der Waals surface area (Å²) in [5, 5.41) is 7.24. The molecule has 0 radical (unpaired) electrons. The Morgan fingerprint density at radius 3 is 2.71 bits per heavy atom. The monoisotopic (exact) mass is 235 g/mol. The SMILES string of the molecule is CCCC(C)Oc1nc(Cl)nnc1Cl. The van der Waals surface area contributed by atoms with E-state index in [9.17, 15) is 0 Å². The van der Waals surface area contributed by atoms with E-state index >= 15 is 0 Å². The molecule has 0 N–H and O–H groups in total. The fourth-order valence-corrected chi connectivity index (χ4v) is 1.25. The fourth-order valence-electron chi connectivity index (χ4n) is 1.01. The molecule has 1 aromatic heterocycles. The van der Waals surface area contributed by atoms with E-state index in [1.807, 2.05) is 6.92 Å². The Bertz CT molecular complexity index is 309.